The Morgan fingerprint density at radius 2 is 1.62 bits per heavy atom. The predicted molar refractivity (Wildman–Crippen MR) is 78.5 cm³/mol. The number of carbonyl (C=O) groups is 1. The van der Waals surface area contributed by atoms with Crippen LogP contribution < -0.4 is 0 Å². The Balaban J connectivity index is 2.25. The molecule has 0 saturated carbocycles. The van der Waals surface area contributed by atoms with Gasteiger partial charge in [-0.3, -0.25) is 9.78 Å². The standard InChI is InChI=1S/C15H15NO4S/c1-11(15(17)18)10-21(19,20)14-4-2-12(3-5-14)13-6-8-16-9-7-13/h2-9,11H,10H2,1H3,(H,17,18). The van der Waals surface area contributed by atoms with Gasteiger partial charge in [0.15, 0.2) is 9.84 Å². The lowest BCUT2D eigenvalue weighted by Crippen LogP contribution is -2.21. The fourth-order valence-electron chi connectivity index (χ4n) is 1.90. The Morgan fingerprint density at radius 3 is 2.14 bits per heavy atom. The molecule has 1 unspecified atom stereocenters. The molecule has 0 radical (unpaired) electrons. The highest BCUT2D eigenvalue weighted by molar-refractivity contribution is 7.91. The quantitative estimate of drug-likeness (QED) is 0.915. The molecule has 0 fully saturated rings. The molecule has 21 heavy (non-hydrogen) atoms. The topological polar surface area (TPSA) is 84.3 Å². The normalized spacial score (nSPS) is 12.8. The minimum Gasteiger partial charge on any atom is -0.481 e. The van der Waals surface area contributed by atoms with Gasteiger partial charge in [-0.1, -0.05) is 19.1 Å². The third-order valence-corrected chi connectivity index (χ3v) is 5.05. The molecule has 2 rings (SSSR count). The first-order valence-corrected chi connectivity index (χ1v) is 8.01. The molecule has 1 aromatic carbocycles. The molecule has 0 spiro atoms. The monoisotopic (exact) mass is 305 g/mol. The maximum Gasteiger partial charge on any atom is 0.307 e. The van der Waals surface area contributed by atoms with Gasteiger partial charge in [0.05, 0.1) is 16.6 Å². The molecule has 0 bridgehead atoms. The summed E-state index contributed by atoms with van der Waals surface area (Å²) in [6, 6.07) is 10.1. The zero-order valence-corrected chi connectivity index (χ0v) is 12.2. The molecular formula is C15H15NO4S. The van der Waals surface area contributed by atoms with Gasteiger partial charge in [-0.25, -0.2) is 8.42 Å². The van der Waals surface area contributed by atoms with E-state index >= 15 is 0 Å². The largest absolute Gasteiger partial charge is 0.481 e. The van der Waals surface area contributed by atoms with Crippen LogP contribution in [-0.2, 0) is 14.6 Å². The zero-order chi connectivity index (χ0) is 15.5. The van der Waals surface area contributed by atoms with E-state index in [9.17, 15) is 13.2 Å². The lowest BCUT2D eigenvalue weighted by molar-refractivity contribution is -0.140. The number of pyridine rings is 1. The van der Waals surface area contributed by atoms with Crippen molar-refractivity contribution in [2.24, 2.45) is 5.92 Å². The summed E-state index contributed by atoms with van der Waals surface area (Å²) < 4.78 is 24.2. The van der Waals surface area contributed by atoms with Gasteiger partial charge in [0, 0.05) is 12.4 Å². The summed E-state index contributed by atoms with van der Waals surface area (Å²) in [7, 11) is -3.60. The van der Waals surface area contributed by atoms with E-state index in [1.165, 1.54) is 19.1 Å². The van der Waals surface area contributed by atoms with Crippen molar-refractivity contribution in [2.75, 3.05) is 5.75 Å². The average Bonchev–Trinajstić information content (AvgIpc) is 2.48. The number of hydrogen-bond acceptors (Lipinski definition) is 4. The maximum absolute atomic E-state index is 12.1. The first-order chi connectivity index (χ1) is 9.90. The molecule has 1 N–H and O–H groups in total. The Kier molecular flexibility index (Phi) is 4.37. The SMILES string of the molecule is CC(CS(=O)(=O)c1ccc(-c2ccncc2)cc1)C(=O)O. The van der Waals surface area contributed by atoms with Crippen molar-refractivity contribution in [1.82, 2.24) is 4.98 Å². The second-order valence-corrected chi connectivity index (χ2v) is 6.82. The summed E-state index contributed by atoms with van der Waals surface area (Å²) >= 11 is 0. The van der Waals surface area contributed by atoms with E-state index < -0.39 is 27.5 Å². The number of benzene rings is 1. The van der Waals surface area contributed by atoms with Crippen LogP contribution in [0.25, 0.3) is 11.1 Å². The molecule has 2 aromatic rings. The van der Waals surface area contributed by atoms with E-state index in [-0.39, 0.29) is 4.90 Å². The average molecular weight is 305 g/mol. The molecule has 0 aliphatic carbocycles. The molecule has 110 valence electrons. The highest BCUT2D eigenvalue weighted by Crippen LogP contribution is 2.22. The number of hydrogen-bond donors (Lipinski definition) is 1. The number of carboxylic acids is 1. The van der Waals surface area contributed by atoms with Gasteiger partial charge in [0.1, 0.15) is 0 Å². The van der Waals surface area contributed by atoms with Crippen LogP contribution in [0.4, 0.5) is 0 Å². The van der Waals surface area contributed by atoms with Crippen LogP contribution in [-0.4, -0.2) is 30.2 Å². The van der Waals surface area contributed by atoms with E-state index in [2.05, 4.69) is 4.98 Å². The molecule has 0 amide bonds. The van der Waals surface area contributed by atoms with Crippen LogP contribution in [0.1, 0.15) is 6.92 Å². The number of aromatic nitrogens is 1. The van der Waals surface area contributed by atoms with Crippen LogP contribution in [0.15, 0.2) is 53.7 Å². The second-order valence-electron chi connectivity index (χ2n) is 4.78. The van der Waals surface area contributed by atoms with E-state index in [1.807, 2.05) is 12.1 Å². The fourth-order valence-corrected chi connectivity index (χ4v) is 3.44. The van der Waals surface area contributed by atoms with Gasteiger partial charge in [0.25, 0.3) is 0 Å². The number of carboxylic acid groups (broad SMARTS) is 1. The molecule has 1 aromatic heterocycles. The van der Waals surface area contributed by atoms with E-state index in [0.717, 1.165) is 11.1 Å². The van der Waals surface area contributed by atoms with Gasteiger partial charge >= 0.3 is 5.97 Å². The first kappa shape index (κ1) is 15.2. The summed E-state index contributed by atoms with van der Waals surface area (Å²) in [6.07, 6.45) is 3.32. The van der Waals surface area contributed by atoms with Gasteiger partial charge in [-0.15, -0.1) is 0 Å². The number of rotatable bonds is 5. The minimum absolute atomic E-state index is 0.133. The molecule has 5 nitrogen and oxygen atoms in total. The minimum atomic E-state index is -3.60. The Morgan fingerprint density at radius 1 is 1.10 bits per heavy atom. The Labute approximate surface area is 123 Å². The van der Waals surface area contributed by atoms with Crippen LogP contribution in [0.5, 0.6) is 0 Å². The Bertz CT molecular complexity index is 724. The zero-order valence-electron chi connectivity index (χ0n) is 11.4. The van der Waals surface area contributed by atoms with E-state index in [1.54, 1.807) is 24.5 Å². The van der Waals surface area contributed by atoms with Crippen molar-refractivity contribution >= 4 is 15.8 Å². The fraction of sp³-hybridized carbons (Fsp3) is 0.200. The van der Waals surface area contributed by atoms with E-state index in [0.29, 0.717) is 0 Å². The number of aliphatic carboxylic acids is 1. The summed E-state index contributed by atoms with van der Waals surface area (Å²) in [5.41, 5.74) is 1.82. The predicted octanol–water partition coefficient (Wildman–Crippen LogP) is 2.24. The molecule has 1 heterocycles. The molecule has 0 saturated heterocycles. The number of nitrogens with zero attached hydrogens (tertiary/aromatic N) is 1. The van der Waals surface area contributed by atoms with Crippen LogP contribution in [0.2, 0.25) is 0 Å². The van der Waals surface area contributed by atoms with Crippen LogP contribution in [0, 0.1) is 5.92 Å². The molecular weight excluding hydrogens is 290 g/mol. The second kappa shape index (κ2) is 6.05. The number of sulfone groups is 1. The highest BCUT2D eigenvalue weighted by Gasteiger charge is 2.22. The van der Waals surface area contributed by atoms with Gasteiger partial charge in [0.2, 0.25) is 0 Å². The van der Waals surface area contributed by atoms with Crippen LogP contribution >= 0.6 is 0 Å². The van der Waals surface area contributed by atoms with Crippen molar-refractivity contribution in [3.63, 3.8) is 0 Å². The lowest BCUT2D eigenvalue weighted by Gasteiger charge is -2.08. The van der Waals surface area contributed by atoms with Gasteiger partial charge in [-0.2, -0.15) is 0 Å². The van der Waals surface area contributed by atoms with Crippen molar-refractivity contribution in [3.05, 3.63) is 48.8 Å². The van der Waals surface area contributed by atoms with Crippen molar-refractivity contribution in [1.29, 1.82) is 0 Å². The molecule has 0 aliphatic heterocycles. The summed E-state index contributed by atoms with van der Waals surface area (Å²) in [5, 5.41) is 8.81. The van der Waals surface area contributed by atoms with Crippen LogP contribution in [0.3, 0.4) is 0 Å². The lowest BCUT2D eigenvalue weighted by atomic mass is 10.1. The van der Waals surface area contributed by atoms with Gasteiger partial charge < -0.3 is 5.11 Å². The smallest absolute Gasteiger partial charge is 0.307 e. The van der Waals surface area contributed by atoms with Gasteiger partial charge in [-0.05, 0) is 35.4 Å². The highest BCUT2D eigenvalue weighted by atomic mass is 32.2. The molecule has 1 atom stereocenters. The van der Waals surface area contributed by atoms with Crippen molar-refractivity contribution in [2.45, 2.75) is 11.8 Å². The summed E-state index contributed by atoms with van der Waals surface area (Å²) in [4.78, 5) is 14.8. The third kappa shape index (κ3) is 3.66. The van der Waals surface area contributed by atoms with E-state index in [4.69, 9.17) is 5.11 Å². The maximum atomic E-state index is 12.1. The molecule has 6 heteroatoms. The summed E-state index contributed by atoms with van der Waals surface area (Å²) in [5.74, 6) is -2.46. The van der Waals surface area contributed by atoms with Crippen molar-refractivity contribution in [3.8, 4) is 11.1 Å². The Hall–Kier alpha value is -2.21. The van der Waals surface area contributed by atoms with Crippen molar-refractivity contribution < 1.29 is 18.3 Å². The summed E-state index contributed by atoms with van der Waals surface area (Å²) in [6.45, 7) is 1.38. The first-order valence-electron chi connectivity index (χ1n) is 6.36. The molecule has 0 aliphatic rings. The third-order valence-electron chi connectivity index (χ3n) is 3.12.